The van der Waals surface area contributed by atoms with Crippen molar-refractivity contribution in [1.82, 2.24) is 4.98 Å². The topological polar surface area (TPSA) is 94.4 Å². The normalized spacial score (nSPS) is 10.4. The second-order valence-electron chi connectivity index (χ2n) is 5.74. The summed E-state index contributed by atoms with van der Waals surface area (Å²) in [6, 6.07) is 13.7. The molecule has 0 spiro atoms. The molecule has 0 atom stereocenters. The Kier molecular flexibility index (Phi) is 5.77. The largest absolute Gasteiger partial charge is 0.497 e. The molecular formula is C19H17N3O4S. The number of methoxy groups -OCH3 is 1. The number of hydrogen-bond donors (Lipinski definition) is 1. The number of benzene rings is 2. The second-order valence-corrected chi connectivity index (χ2v) is 6.60. The lowest BCUT2D eigenvalue weighted by Crippen LogP contribution is -2.12. The lowest BCUT2D eigenvalue weighted by Gasteiger charge is -2.04. The summed E-state index contributed by atoms with van der Waals surface area (Å²) in [5.74, 6) is 0.667. The Hall–Kier alpha value is -3.26. The number of nitrogens with zero attached hydrogens (tertiary/aromatic N) is 2. The minimum Gasteiger partial charge on any atom is -0.497 e. The van der Waals surface area contributed by atoms with E-state index in [4.69, 9.17) is 4.74 Å². The number of thiazole rings is 1. The smallest absolute Gasteiger partial charge is 0.269 e. The van der Waals surface area contributed by atoms with Crippen molar-refractivity contribution in [3.63, 3.8) is 0 Å². The minimum atomic E-state index is -0.445. The summed E-state index contributed by atoms with van der Waals surface area (Å²) < 4.78 is 5.11. The van der Waals surface area contributed by atoms with Crippen molar-refractivity contribution in [1.29, 1.82) is 0 Å². The van der Waals surface area contributed by atoms with Gasteiger partial charge in [-0.2, -0.15) is 0 Å². The molecule has 0 aliphatic rings. The number of anilines is 1. The van der Waals surface area contributed by atoms with E-state index in [-0.39, 0.29) is 11.6 Å². The van der Waals surface area contributed by atoms with E-state index in [1.165, 1.54) is 23.5 Å². The molecule has 1 N–H and O–H groups in total. The fourth-order valence-electron chi connectivity index (χ4n) is 2.45. The van der Waals surface area contributed by atoms with Gasteiger partial charge < -0.3 is 10.1 Å². The molecule has 8 heteroatoms. The Morgan fingerprint density at radius 3 is 2.52 bits per heavy atom. The molecule has 7 nitrogen and oxygen atoms in total. The summed E-state index contributed by atoms with van der Waals surface area (Å²) in [6.45, 7) is 0. The van der Waals surface area contributed by atoms with E-state index >= 15 is 0 Å². The van der Waals surface area contributed by atoms with Crippen molar-refractivity contribution in [2.75, 3.05) is 12.4 Å². The molecule has 1 heterocycles. The summed E-state index contributed by atoms with van der Waals surface area (Å²) >= 11 is 1.32. The van der Waals surface area contributed by atoms with E-state index in [0.717, 1.165) is 16.9 Å². The lowest BCUT2D eigenvalue weighted by atomic mass is 10.1. The Balaban J connectivity index is 1.56. The highest BCUT2D eigenvalue weighted by molar-refractivity contribution is 7.14. The van der Waals surface area contributed by atoms with Gasteiger partial charge in [-0.3, -0.25) is 14.9 Å². The zero-order valence-electron chi connectivity index (χ0n) is 14.5. The van der Waals surface area contributed by atoms with Crippen LogP contribution < -0.4 is 10.1 Å². The van der Waals surface area contributed by atoms with Crippen molar-refractivity contribution in [3.8, 4) is 17.0 Å². The van der Waals surface area contributed by atoms with Crippen LogP contribution in [-0.2, 0) is 11.2 Å². The second kappa shape index (κ2) is 8.41. The van der Waals surface area contributed by atoms with Crippen LogP contribution in [-0.4, -0.2) is 22.9 Å². The molecule has 1 amide bonds. The molecule has 1 aromatic heterocycles. The number of rotatable bonds is 7. The molecule has 0 aliphatic heterocycles. The van der Waals surface area contributed by atoms with Crippen LogP contribution in [0.2, 0.25) is 0 Å². The zero-order chi connectivity index (χ0) is 19.2. The molecule has 0 radical (unpaired) electrons. The molecule has 0 bridgehead atoms. The summed E-state index contributed by atoms with van der Waals surface area (Å²) in [4.78, 5) is 26.8. The van der Waals surface area contributed by atoms with Gasteiger partial charge in [0, 0.05) is 29.5 Å². The number of nitrogens with one attached hydrogen (secondary N) is 1. The Labute approximate surface area is 159 Å². The number of carbonyl (C=O) groups excluding carboxylic acids is 1. The third kappa shape index (κ3) is 4.89. The number of hydrogen-bond acceptors (Lipinski definition) is 6. The zero-order valence-corrected chi connectivity index (χ0v) is 15.4. The van der Waals surface area contributed by atoms with Crippen LogP contribution in [0.3, 0.4) is 0 Å². The number of non-ortho nitro benzene ring substituents is 1. The number of nitro groups is 1. The van der Waals surface area contributed by atoms with Gasteiger partial charge >= 0.3 is 0 Å². The molecule has 0 aliphatic carbocycles. The maximum atomic E-state index is 12.1. The van der Waals surface area contributed by atoms with Crippen LogP contribution in [0.1, 0.15) is 12.0 Å². The number of ether oxygens (including phenoxy) is 1. The summed E-state index contributed by atoms with van der Waals surface area (Å²) in [7, 11) is 1.61. The first-order chi connectivity index (χ1) is 13.0. The van der Waals surface area contributed by atoms with Gasteiger partial charge in [-0.25, -0.2) is 4.98 Å². The predicted octanol–water partition coefficient (Wildman–Crippen LogP) is 4.30. The van der Waals surface area contributed by atoms with Crippen LogP contribution >= 0.6 is 11.3 Å². The van der Waals surface area contributed by atoms with Crippen molar-refractivity contribution in [2.45, 2.75) is 12.8 Å². The van der Waals surface area contributed by atoms with E-state index < -0.39 is 4.92 Å². The molecule has 0 fully saturated rings. The van der Waals surface area contributed by atoms with Crippen molar-refractivity contribution < 1.29 is 14.5 Å². The third-order valence-electron chi connectivity index (χ3n) is 3.92. The van der Waals surface area contributed by atoms with Crippen LogP contribution in [0.25, 0.3) is 11.3 Å². The van der Waals surface area contributed by atoms with E-state index in [1.54, 1.807) is 24.6 Å². The van der Waals surface area contributed by atoms with Crippen molar-refractivity contribution >= 4 is 28.1 Å². The van der Waals surface area contributed by atoms with E-state index in [0.29, 0.717) is 23.7 Å². The minimum absolute atomic E-state index is 0.0287. The van der Waals surface area contributed by atoms with Crippen molar-refractivity contribution in [2.24, 2.45) is 0 Å². The average molecular weight is 383 g/mol. The van der Waals surface area contributed by atoms with Gasteiger partial charge in [0.05, 0.1) is 17.7 Å². The average Bonchev–Trinajstić information content (AvgIpc) is 3.15. The number of aryl methyl sites for hydroxylation is 1. The highest BCUT2D eigenvalue weighted by Crippen LogP contribution is 2.26. The fourth-order valence-corrected chi connectivity index (χ4v) is 3.19. The molecule has 0 unspecified atom stereocenters. The first kappa shape index (κ1) is 18.5. The standard InChI is InChI=1S/C19H17N3O4S/c1-26-16-9-2-13(3-10-16)4-11-18(23)21-19-20-17(12-27-19)14-5-7-15(8-6-14)22(24)25/h2-3,5-10,12H,4,11H2,1H3,(H,20,21,23). The first-order valence-electron chi connectivity index (χ1n) is 8.18. The van der Waals surface area contributed by atoms with E-state index in [2.05, 4.69) is 10.3 Å². The van der Waals surface area contributed by atoms with Crippen molar-refractivity contribution in [3.05, 3.63) is 69.6 Å². The maximum Gasteiger partial charge on any atom is 0.269 e. The van der Waals surface area contributed by atoms with Gasteiger partial charge in [-0.05, 0) is 36.2 Å². The van der Waals surface area contributed by atoms with E-state index in [9.17, 15) is 14.9 Å². The number of aromatic nitrogens is 1. The van der Waals surface area contributed by atoms with Gasteiger partial charge in [0.15, 0.2) is 5.13 Å². The van der Waals surface area contributed by atoms with Crippen LogP contribution in [0.4, 0.5) is 10.8 Å². The molecule has 138 valence electrons. The summed E-state index contributed by atoms with van der Waals surface area (Å²) in [5, 5.41) is 15.8. The number of carbonyl (C=O) groups is 1. The molecule has 0 saturated heterocycles. The van der Waals surface area contributed by atoms with E-state index in [1.807, 2.05) is 24.3 Å². The highest BCUT2D eigenvalue weighted by Gasteiger charge is 2.10. The molecule has 0 saturated carbocycles. The maximum absolute atomic E-state index is 12.1. The molecule has 27 heavy (non-hydrogen) atoms. The Bertz CT molecular complexity index is 936. The SMILES string of the molecule is COc1ccc(CCC(=O)Nc2nc(-c3ccc([N+](=O)[O-])cc3)cs2)cc1. The molecule has 2 aromatic carbocycles. The first-order valence-corrected chi connectivity index (χ1v) is 9.06. The third-order valence-corrected chi connectivity index (χ3v) is 4.68. The molecule has 3 rings (SSSR count). The predicted molar refractivity (Wildman–Crippen MR) is 104 cm³/mol. The Morgan fingerprint density at radius 2 is 1.89 bits per heavy atom. The number of nitro benzene ring substituents is 1. The van der Waals surface area contributed by atoms with Gasteiger partial charge in [-0.1, -0.05) is 12.1 Å². The number of amides is 1. The lowest BCUT2D eigenvalue weighted by molar-refractivity contribution is -0.384. The van der Waals surface area contributed by atoms with Gasteiger partial charge in [-0.15, -0.1) is 11.3 Å². The van der Waals surface area contributed by atoms with Crippen LogP contribution in [0.15, 0.2) is 53.9 Å². The molecule has 3 aromatic rings. The Morgan fingerprint density at radius 1 is 1.19 bits per heavy atom. The summed E-state index contributed by atoms with van der Waals surface area (Å²) in [5.41, 5.74) is 2.51. The summed E-state index contributed by atoms with van der Waals surface area (Å²) in [6.07, 6.45) is 0.967. The van der Waals surface area contributed by atoms with Crippen LogP contribution in [0.5, 0.6) is 5.75 Å². The van der Waals surface area contributed by atoms with Gasteiger partial charge in [0.2, 0.25) is 5.91 Å². The van der Waals surface area contributed by atoms with Crippen LogP contribution in [0, 0.1) is 10.1 Å². The quantitative estimate of drug-likeness (QED) is 0.485. The molecular weight excluding hydrogens is 366 g/mol. The monoisotopic (exact) mass is 383 g/mol. The fraction of sp³-hybridized carbons (Fsp3) is 0.158. The van der Waals surface area contributed by atoms with Gasteiger partial charge in [0.1, 0.15) is 5.75 Å². The van der Waals surface area contributed by atoms with Gasteiger partial charge in [0.25, 0.3) is 5.69 Å². The highest BCUT2D eigenvalue weighted by atomic mass is 32.1.